The van der Waals surface area contributed by atoms with E-state index in [-0.39, 0.29) is 11.1 Å². The van der Waals surface area contributed by atoms with Gasteiger partial charge in [-0.1, -0.05) is 11.6 Å². The maximum atomic E-state index is 12.4. The van der Waals surface area contributed by atoms with Crippen molar-refractivity contribution < 1.29 is 4.79 Å². The van der Waals surface area contributed by atoms with Crippen LogP contribution in [0.4, 0.5) is 5.69 Å². The van der Waals surface area contributed by atoms with E-state index in [1.165, 1.54) is 21.9 Å². The lowest BCUT2D eigenvalue weighted by molar-refractivity contribution is 0.102. The lowest BCUT2D eigenvalue weighted by atomic mass is 10.2. The molecule has 1 N–H and O–H groups in total. The number of hydrogen-bond acceptors (Lipinski definition) is 4. The Balaban J connectivity index is 2.00. The van der Waals surface area contributed by atoms with E-state index < -0.39 is 5.91 Å². The molecule has 3 aromatic rings. The van der Waals surface area contributed by atoms with E-state index in [1.54, 1.807) is 25.1 Å². The fourth-order valence-corrected chi connectivity index (χ4v) is 3.19. The van der Waals surface area contributed by atoms with Gasteiger partial charge in [0.15, 0.2) is 4.96 Å². The molecule has 1 aromatic carbocycles. The first-order valence-electron chi connectivity index (χ1n) is 6.51. The Kier molecular flexibility index (Phi) is 3.72. The summed E-state index contributed by atoms with van der Waals surface area (Å²) in [5.74, 6) is -0.483. The third-order valence-corrected chi connectivity index (χ3v) is 4.49. The first-order chi connectivity index (χ1) is 10.5. The zero-order valence-electron chi connectivity index (χ0n) is 11.9. The molecule has 0 unspecified atom stereocenters. The second-order valence-corrected chi connectivity index (χ2v) is 6.16. The highest BCUT2D eigenvalue weighted by atomic mass is 35.5. The number of nitrogens with zero attached hydrogens (tertiary/aromatic N) is 2. The molecule has 0 atom stereocenters. The van der Waals surface area contributed by atoms with Crippen LogP contribution in [0, 0.1) is 13.8 Å². The number of halogens is 1. The molecule has 0 aliphatic carbocycles. The Morgan fingerprint density at radius 1 is 1.36 bits per heavy atom. The van der Waals surface area contributed by atoms with Gasteiger partial charge in [-0.2, -0.15) is 0 Å². The summed E-state index contributed by atoms with van der Waals surface area (Å²) in [4.78, 5) is 29.5. The average molecular weight is 334 g/mol. The van der Waals surface area contributed by atoms with Gasteiger partial charge in [-0.25, -0.2) is 4.98 Å². The third-order valence-electron chi connectivity index (χ3n) is 3.30. The normalized spacial score (nSPS) is 10.9. The van der Waals surface area contributed by atoms with Crippen LogP contribution < -0.4 is 10.9 Å². The van der Waals surface area contributed by atoms with E-state index in [0.717, 1.165) is 11.3 Å². The van der Waals surface area contributed by atoms with Crippen molar-refractivity contribution in [2.24, 2.45) is 0 Å². The molecule has 1 amide bonds. The summed E-state index contributed by atoms with van der Waals surface area (Å²) in [6, 6.07) is 5.13. The lowest BCUT2D eigenvalue weighted by Crippen LogP contribution is -2.26. The van der Waals surface area contributed by atoms with E-state index in [1.807, 2.05) is 12.3 Å². The summed E-state index contributed by atoms with van der Waals surface area (Å²) in [6.45, 7) is 3.64. The number of thiazole rings is 1. The fourth-order valence-electron chi connectivity index (χ4n) is 2.14. The number of benzene rings is 1. The molecule has 0 aliphatic rings. The molecule has 3 rings (SSSR count). The Morgan fingerprint density at radius 2 is 2.14 bits per heavy atom. The number of aryl methyl sites for hydroxylation is 2. The molecule has 0 bridgehead atoms. The first-order valence-corrected chi connectivity index (χ1v) is 7.76. The maximum absolute atomic E-state index is 12.4. The number of hydrogen-bond donors (Lipinski definition) is 1. The second-order valence-electron chi connectivity index (χ2n) is 4.89. The lowest BCUT2D eigenvalue weighted by Gasteiger charge is -2.08. The van der Waals surface area contributed by atoms with Gasteiger partial charge in [0.1, 0.15) is 5.56 Å². The fraction of sp³-hybridized carbons (Fsp3) is 0.133. The topological polar surface area (TPSA) is 63.5 Å². The largest absolute Gasteiger partial charge is 0.322 e. The summed E-state index contributed by atoms with van der Waals surface area (Å²) in [5, 5.41) is 5.14. The summed E-state index contributed by atoms with van der Waals surface area (Å²) in [7, 11) is 0. The molecule has 0 saturated heterocycles. The van der Waals surface area contributed by atoms with E-state index in [0.29, 0.717) is 15.7 Å². The molecule has 5 nitrogen and oxygen atoms in total. The third kappa shape index (κ3) is 2.51. The van der Waals surface area contributed by atoms with Gasteiger partial charge in [-0.05, 0) is 37.6 Å². The van der Waals surface area contributed by atoms with E-state index in [4.69, 9.17) is 11.6 Å². The predicted octanol–water partition coefficient (Wildman–Crippen LogP) is 3.28. The zero-order chi connectivity index (χ0) is 15.9. The van der Waals surface area contributed by atoms with Gasteiger partial charge in [0, 0.05) is 28.0 Å². The Morgan fingerprint density at radius 3 is 2.86 bits per heavy atom. The molecule has 2 aromatic heterocycles. The molecule has 0 fully saturated rings. The average Bonchev–Trinajstić information content (AvgIpc) is 2.84. The number of nitrogens with one attached hydrogen (secondary N) is 1. The highest BCUT2D eigenvalue weighted by Crippen LogP contribution is 2.20. The molecule has 7 heteroatoms. The van der Waals surface area contributed by atoms with E-state index in [9.17, 15) is 9.59 Å². The van der Waals surface area contributed by atoms with Crippen LogP contribution in [0.1, 0.15) is 21.6 Å². The molecule has 112 valence electrons. The van der Waals surface area contributed by atoms with Gasteiger partial charge in [0.25, 0.3) is 11.5 Å². The van der Waals surface area contributed by atoms with Crippen LogP contribution in [0.3, 0.4) is 0 Å². The Labute approximate surface area is 135 Å². The number of fused-ring (bicyclic) bond motifs is 1. The van der Waals surface area contributed by atoms with Crippen molar-refractivity contribution in [3.63, 3.8) is 0 Å². The number of anilines is 1. The van der Waals surface area contributed by atoms with Crippen molar-refractivity contribution in [1.29, 1.82) is 0 Å². The van der Waals surface area contributed by atoms with Crippen LogP contribution in [0.25, 0.3) is 4.96 Å². The van der Waals surface area contributed by atoms with Crippen molar-refractivity contribution in [3.8, 4) is 0 Å². The van der Waals surface area contributed by atoms with E-state index in [2.05, 4.69) is 10.3 Å². The zero-order valence-corrected chi connectivity index (χ0v) is 13.5. The van der Waals surface area contributed by atoms with Crippen LogP contribution >= 0.6 is 22.9 Å². The van der Waals surface area contributed by atoms with Gasteiger partial charge >= 0.3 is 0 Å². The van der Waals surface area contributed by atoms with Crippen LogP contribution in [0.2, 0.25) is 5.02 Å². The monoisotopic (exact) mass is 333 g/mol. The molecule has 22 heavy (non-hydrogen) atoms. The predicted molar refractivity (Wildman–Crippen MR) is 88.2 cm³/mol. The van der Waals surface area contributed by atoms with Gasteiger partial charge in [0.05, 0.1) is 0 Å². The minimum absolute atomic E-state index is 0.00773. The van der Waals surface area contributed by atoms with Gasteiger partial charge < -0.3 is 5.32 Å². The summed E-state index contributed by atoms with van der Waals surface area (Å²) in [6.07, 6.45) is 1.31. The van der Waals surface area contributed by atoms with Crippen molar-refractivity contribution in [3.05, 3.63) is 62.0 Å². The maximum Gasteiger partial charge on any atom is 0.271 e. The summed E-state index contributed by atoms with van der Waals surface area (Å²) < 4.78 is 1.44. The van der Waals surface area contributed by atoms with Crippen molar-refractivity contribution in [2.75, 3.05) is 5.32 Å². The molecule has 2 heterocycles. The number of amides is 1. The minimum Gasteiger partial charge on any atom is -0.322 e. The quantitative estimate of drug-likeness (QED) is 0.782. The summed E-state index contributed by atoms with van der Waals surface area (Å²) in [5.41, 5.74) is 1.83. The molecular formula is C15H12ClN3O2S. The molecule has 0 spiro atoms. The highest BCUT2D eigenvalue weighted by Gasteiger charge is 2.16. The van der Waals surface area contributed by atoms with Gasteiger partial charge in [0.2, 0.25) is 0 Å². The molecular weight excluding hydrogens is 322 g/mol. The smallest absolute Gasteiger partial charge is 0.271 e. The van der Waals surface area contributed by atoms with E-state index >= 15 is 0 Å². The van der Waals surface area contributed by atoms with Crippen molar-refractivity contribution in [2.45, 2.75) is 13.8 Å². The Hall–Kier alpha value is -2.18. The number of aromatic nitrogens is 2. The standard InChI is InChI=1S/C15H12ClN3O2S/c1-8-5-10(16)3-4-12(8)18-13(20)11-6-17-15-19(14(11)21)9(2)7-22-15/h3-7H,1-2H3,(H,18,20). The summed E-state index contributed by atoms with van der Waals surface area (Å²) >= 11 is 7.25. The number of carbonyl (C=O) groups excluding carboxylic acids is 1. The van der Waals surface area contributed by atoms with Crippen LogP contribution in [-0.2, 0) is 0 Å². The SMILES string of the molecule is Cc1cc(Cl)ccc1NC(=O)c1cnc2scc(C)n2c1=O. The van der Waals surface area contributed by atoms with Crippen molar-refractivity contribution >= 4 is 39.5 Å². The van der Waals surface area contributed by atoms with Gasteiger partial charge in [-0.15, -0.1) is 11.3 Å². The first kappa shape index (κ1) is 14.7. The van der Waals surface area contributed by atoms with Crippen LogP contribution in [0.5, 0.6) is 0 Å². The van der Waals surface area contributed by atoms with Crippen molar-refractivity contribution in [1.82, 2.24) is 9.38 Å². The van der Waals surface area contributed by atoms with Gasteiger partial charge in [-0.3, -0.25) is 14.0 Å². The minimum atomic E-state index is -0.483. The number of rotatable bonds is 2. The molecule has 0 saturated carbocycles. The van der Waals surface area contributed by atoms with Crippen LogP contribution in [-0.4, -0.2) is 15.3 Å². The highest BCUT2D eigenvalue weighted by molar-refractivity contribution is 7.15. The van der Waals surface area contributed by atoms with Crippen LogP contribution in [0.15, 0.2) is 34.6 Å². The molecule has 0 aliphatic heterocycles. The molecule has 0 radical (unpaired) electrons. The number of carbonyl (C=O) groups is 1. The second kappa shape index (κ2) is 5.55. The Bertz CT molecular complexity index is 946.